The highest BCUT2D eigenvalue weighted by atomic mass is 16.6. The molecule has 136 valence electrons. The van der Waals surface area contributed by atoms with Crippen molar-refractivity contribution in [2.45, 2.75) is 26.2 Å². The molecule has 0 radical (unpaired) electrons. The van der Waals surface area contributed by atoms with Gasteiger partial charge < -0.3 is 9.64 Å². The fraction of sp³-hybridized carbons (Fsp3) is 0.350. The summed E-state index contributed by atoms with van der Waals surface area (Å²) in [5.74, 6) is 0.483. The van der Waals surface area contributed by atoms with E-state index in [4.69, 9.17) is 4.74 Å². The predicted molar refractivity (Wildman–Crippen MR) is 100 cm³/mol. The number of ketones is 1. The largest absolute Gasteiger partial charge is 0.494 e. The molecular formula is C20H22N2O4. The SMILES string of the molecule is CCOc1ccc(C(=O)c2cc([N+](=O)[O-])ccc2N2CCCCC2)cc1. The van der Waals surface area contributed by atoms with Gasteiger partial charge in [-0.2, -0.15) is 0 Å². The van der Waals surface area contributed by atoms with Crippen LogP contribution >= 0.6 is 0 Å². The normalized spacial score (nSPS) is 14.1. The molecule has 0 atom stereocenters. The number of benzene rings is 2. The van der Waals surface area contributed by atoms with Gasteiger partial charge in [0.2, 0.25) is 0 Å². The van der Waals surface area contributed by atoms with Crippen LogP contribution in [0.15, 0.2) is 42.5 Å². The number of ether oxygens (including phenoxy) is 1. The zero-order valence-electron chi connectivity index (χ0n) is 14.8. The number of nitro benzene ring substituents is 1. The van der Waals surface area contributed by atoms with Crippen molar-refractivity contribution < 1.29 is 14.5 Å². The number of non-ortho nitro benzene ring substituents is 1. The van der Waals surface area contributed by atoms with Crippen LogP contribution in [-0.4, -0.2) is 30.4 Å². The number of anilines is 1. The zero-order chi connectivity index (χ0) is 18.5. The van der Waals surface area contributed by atoms with Crippen molar-refractivity contribution in [2.24, 2.45) is 0 Å². The van der Waals surface area contributed by atoms with E-state index in [2.05, 4.69) is 4.90 Å². The van der Waals surface area contributed by atoms with Crippen molar-refractivity contribution >= 4 is 17.2 Å². The summed E-state index contributed by atoms with van der Waals surface area (Å²) in [7, 11) is 0. The lowest BCUT2D eigenvalue weighted by Gasteiger charge is -2.30. The van der Waals surface area contributed by atoms with E-state index in [-0.39, 0.29) is 11.5 Å². The summed E-state index contributed by atoms with van der Waals surface area (Å²) in [6.07, 6.45) is 3.30. The average Bonchev–Trinajstić information content (AvgIpc) is 2.68. The van der Waals surface area contributed by atoms with Crippen LogP contribution in [0.3, 0.4) is 0 Å². The summed E-state index contributed by atoms with van der Waals surface area (Å²) in [6.45, 7) is 4.17. The molecule has 3 rings (SSSR count). The maximum absolute atomic E-state index is 13.1. The molecule has 2 aromatic rings. The Morgan fingerprint density at radius 1 is 1.12 bits per heavy atom. The Hall–Kier alpha value is -2.89. The lowest BCUT2D eigenvalue weighted by atomic mass is 9.99. The maximum atomic E-state index is 13.1. The van der Waals surface area contributed by atoms with Gasteiger partial charge in [-0.05, 0) is 56.5 Å². The minimum atomic E-state index is -0.463. The molecule has 0 aromatic heterocycles. The van der Waals surface area contributed by atoms with Gasteiger partial charge in [0.1, 0.15) is 5.75 Å². The number of hydrogen-bond donors (Lipinski definition) is 0. The quantitative estimate of drug-likeness (QED) is 0.441. The fourth-order valence-electron chi connectivity index (χ4n) is 3.25. The van der Waals surface area contributed by atoms with E-state index >= 15 is 0 Å². The Morgan fingerprint density at radius 3 is 2.42 bits per heavy atom. The molecule has 1 aliphatic rings. The van der Waals surface area contributed by atoms with Crippen molar-refractivity contribution in [3.8, 4) is 5.75 Å². The summed E-state index contributed by atoms with van der Waals surface area (Å²) in [6, 6.07) is 11.5. The Kier molecular flexibility index (Phi) is 5.51. The summed E-state index contributed by atoms with van der Waals surface area (Å²) >= 11 is 0. The molecule has 0 spiro atoms. The number of hydrogen-bond acceptors (Lipinski definition) is 5. The maximum Gasteiger partial charge on any atom is 0.270 e. The van der Waals surface area contributed by atoms with Gasteiger partial charge in [-0.15, -0.1) is 0 Å². The van der Waals surface area contributed by atoms with Crippen molar-refractivity contribution in [1.29, 1.82) is 0 Å². The molecule has 0 unspecified atom stereocenters. The van der Waals surface area contributed by atoms with Gasteiger partial charge in [0.25, 0.3) is 5.69 Å². The van der Waals surface area contributed by atoms with E-state index in [1.807, 2.05) is 6.92 Å². The highest BCUT2D eigenvalue weighted by Crippen LogP contribution is 2.30. The Morgan fingerprint density at radius 2 is 1.81 bits per heavy atom. The molecule has 0 bridgehead atoms. The van der Waals surface area contributed by atoms with Crippen molar-refractivity contribution in [2.75, 3.05) is 24.6 Å². The molecule has 0 amide bonds. The molecule has 6 heteroatoms. The smallest absolute Gasteiger partial charge is 0.270 e. The number of rotatable bonds is 6. The van der Waals surface area contributed by atoms with E-state index in [9.17, 15) is 14.9 Å². The Bertz CT molecular complexity index is 796. The molecule has 1 fully saturated rings. The van der Waals surface area contributed by atoms with E-state index < -0.39 is 4.92 Å². The van der Waals surface area contributed by atoms with E-state index in [1.165, 1.54) is 18.6 Å². The first-order valence-corrected chi connectivity index (χ1v) is 8.91. The van der Waals surface area contributed by atoms with Gasteiger partial charge in [-0.1, -0.05) is 0 Å². The van der Waals surface area contributed by atoms with Crippen LogP contribution in [0.25, 0.3) is 0 Å². The average molecular weight is 354 g/mol. The molecule has 1 saturated heterocycles. The first-order chi connectivity index (χ1) is 12.6. The molecule has 2 aromatic carbocycles. The number of piperidine rings is 1. The summed E-state index contributed by atoms with van der Waals surface area (Å²) < 4.78 is 5.41. The number of nitro groups is 1. The van der Waals surface area contributed by atoms with Crippen LogP contribution in [0, 0.1) is 10.1 Å². The molecule has 0 aliphatic carbocycles. The van der Waals surface area contributed by atoms with Crippen molar-refractivity contribution in [3.63, 3.8) is 0 Å². The highest BCUT2D eigenvalue weighted by molar-refractivity contribution is 6.12. The second kappa shape index (κ2) is 7.99. The third kappa shape index (κ3) is 3.85. The van der Waals surface area contributed by atoms with E-state index in [1.54, 1.807) is 30.3 Å². The van der Waals surface area contributed by atoms with Gasteiger partial charge >= 0.3 is 0 Å². The third-order valence-electron chi connectivity index (χ3n) is 4.56. The van der Waals surface area contributed by atoms with Gasteiger partial charge in [0.15, 0.2) is 5.78 Å². The summed E-state index contributed by atoms with van der Waals surface area (Å²) in [5.41, 5.74) is 1.58. The fourth-order valence-corrected chi connectivity index (χ4v) is 3.25. The predicted octanol–water partition coefficient (Wildman–Crippen LogP) is 4.21. The lowest BCUT2D eigenvalue weighted by molar-refractivity contribution is -0.384. The molecule has 0 saturated carbocycles. The number of carbonyl (C=O) groups is 1. The Balaban J connectivity index is 1.98. The second-order valence-corrected chi connectivity index (χ2v) is 6.29. The number of nitrogens with zero attached hydrogens (tertiary/aromatic N) is 2. The number of carbonyl (C=O) groups excluding carboxylic acids is 1. The van der Waals surface area contributed by atoms with Gasteiger partial charge in [-0.25, -0.2) is 0 Å². The van der Waals surface area contributed by atoms with Crippen LogP contribution < -0.4 is 9.64 Å². The topological polar surface area (TPSA) is 72.7 Å². The van der Waals surface area contributed by atoms with Crippen molar-refractivity contribution in [3.05, 3.63) is 63.7 Å². The van der Waals surface area contributed by atoms with E-state index in [0.29, 0.717) is 23.5 Å². The Labute approximate surface area is 152 Å². The highest BCUT2D eigenvalue weighted by Gasteiger charge is 2.22. The van der Waals surface area contributed by atoms with Crippen LogP contribution in [0.5, 0.6) is 5.75 Å². The third-order valence-corrected chi connectivity index (χ3v) is 4.56. The van der Waals surface area contributed by atoms with Gasteiger partial charge in [0, 0.05) is 36.5 Å². The van der Waals surface area contributed by atoms with E-state index in [0.717, 1.165) is 31.6 Å². The second-order valence-electron chi connectivity index (χ2n) is 6.29. The summed E-state index contributed by atoms with van der Waals surface area (Å²) in [5, 5.41) is 11.2. The molecule has 1 aliphatic heterocycles. The zero-order valence-corrected chi connectivity index (χ0v) is 14.8. The van der Waals surface area contributed by atoms with Crippen LogP contribution in [-0.2, 0) is 0 Å². The molecule has 6 nitrogen and oxygen atoms in total. The van der Waals surface area contributed by atoms with Gasteiger partial charge in [-0.3, -0.25) is 14.9 Å². The standard InChI is InChI=1S/C20H22N2O4/c1-2-26-17-9-6-15(7-10-17)20(23)18-14-16(22(24)25)8-11-19(18)21-12-4-3-5-13-21/h6-11,14H,2-5,12-13H2,1H3. The van der Waals surface area contributed by atoms with Crippen LogP contribution in [0.1, 0.15) is 42.1 Å². The van der Waals surface area contributed by atoms with Crippen molar-refractivity contribution in [1.82, 2.24) is 0 Å². The molecule has 26 heavy (non-hydrogen) atoms. The minimum absolute atomic E-state index is 0.0694. The minimum Gasteiger partial charge on any atom is -0.494 e. The molecule has 1 heterocycles. The van der Waals surface area contributed by atoms with Crippen LogP contribution in [0.4, 0.5) is 11.4 Å². The van der Waals surface area contributed by atoms with Crippen LogP contribution in [0.2, 0.25) is 0 Å². The molecule has 0 N–H and O–H groups in total. The first-order valence-electron chi connectivity index (χ1n) is 8.91. The monoisotopic (exact) mass is 354 g/mol. The molecular weight excluding hydrogens is 332 g/mol. The lowest BCUT2D eigenvalue weighted by Crippen LogP contribution is -2.30. The van der Waals surface area contributed by atoms with Gasteiger partial charge in [0.05, 0.1) is 17.1 Å². The first kappa shape index (κ1) is 17.9. The summed E-state index contributed by atoms with van der Waals surface area (Å²) in [4.78, 5) is 25.9.